The molecule has 164 valence electrons. The lowest BCUT2D eigenvalue weighted by atomic mass is 10.2. The highest BCUT2D eigenvalue weighted by Crippen LogP contribution is 2.35. The highest BCUT2D eigenvalue weighted by Gasteiger charge is 2.22. The Labute approximate surface area is 202 Å². The molecule has 0 aromatic heterocycles. The summed E-state index contributed by atoms with van der Waals surface area (Å²) < 4.78 is 0. The smallest absolute Gasteiger partial charge is 0.138 e. The minimum atomic E-state index is 0. The van der Waals surface area contributed by atoms with E-state index in [0.29, 0.717) is 11.3 Å². The molecule has 6 heteroatoms. The number of para-hydroxylation sites is 2. The second-order valence-electron chi connectivity index (χ2n) is 7.31. The monoisotopic (exact) mass is 473 g/mol. The van der Waals surface area contributed by atoms with Crippen LogP contribution >= 0.6 is 36.6 Å². The van der Waals surface area contributed by atoms with E-state index in [9.17, 15) is 0 Å². The summed E-state index contributed by atoms with van der Waals surface area (Å²) in [4.78, 5) is 6.29. The summed E-state index contributed by atoms with van der Waals surface area (Å²) in [6.07, 6.45) is 2.53. The Bertz CT molecular complexity index is 945. The molecular weight excluding hydrogens is 445 g/mol. The SMILES string of the molecule is CC(Sc1ccccc1N=C(Nc1ccccc1)c1ccccc1)C1CCCN1.Cl.Cl. The third kappa shape index (κ3) is 7.01. The molecule has 0 saturated carbocycles. The van der Waals surface area contributed by atoms with Gasteiger partial charge in [0.25, 0.3) is 0 Å². The molecule has 3 nitrogen and oxygen atoms in total. The van der Waals surface area contributed by atoms with Crippen LogP contribution in [0.5, 0.6) is 0 Å². The first kappa shape index (κ1) is 25.3. The Morgan fingerprint density at radius 3 is 2.26 bits per heavy atom. The van der Waals surface area contributed by atoms with Gasteiger partial charge in [-0.1, -0.05) is 67.6 Å². The summed E-state index contributed by atoms with van der Waals surface area (Å²) in [5, 5.41) is 7.64. The van der Waals surface area contributed by atoms with Crippen molar-refractivity contribution in [2.45, 2.75) is 36.0 Å². The fraction of sp³-hybridized carbons (Fsp3) is 0.240. The van der Waals surface area contributed by atoms with E-state index in [4.69, 9.17) is 4.99 Å². The molecule has 1 aliphatic rings. The topological polar surface area (TPSA) is 36.4 Å². The van der Waals surface area contributed by atoms with Gasteiger partial charge in [0.05, 0.1) is 5.69 Å². The number of nitrogens with one attached hydrogen (secondary N) is 2. The van der Waals surface area contributed by atoms with Gasteiger partial charge in [-0.2, -0.15) is 0 Å². The van der Waals surface area contributed by atoms with Gasteiger partial charge in [-0.15, -0.1) is 36.6 Å². The summed E-state index contributed by atoms with van der Waals surface area (Å²) >= 11 is 1.91. The first-order valence-corrected chi connectivity index (χ1v) is 11.1. The molecule has 0 amide bonds. The van der Waals surface area contributed by atoms with E-state index in [0.717, 1.165) is 29.3 Å². The molecule has 3 aromatic carbocycles. The first-order valence-electron chi connectivity index (χ1n) is 10.2. The van der Waals surface area contributed by atoms with Gasteiger partial charge in [0.1, 0.15) is 5.84 Å². The van der Waals surface area contributed by atoms with Crippen molar-refractivity contribution in [1.82, 2.24) is 5.32 Å². The van der Waals surface area contributed by atoms with Gasteiger partial charge in [-0.3, -0.25) is 0 Å². The van der Waals surface area contributed by atoms with Crippen molar-refractivity contribution < 1.29 is 0 Å². The Morgan fingerprint density at radius 2 is 1.58 bits per heavy atom. The summed E-state index contributed by atoms with van der Waals surface area (Å²) in [5.41, 5.74) is 3.11. The van der Waals surface area contributed by atoms with Gasteiger partial charge < -0.3 is 10.6 Å². The number of anilines is 1. The molecule has 2 unspecified atom stereocenters. The van der Waals surface area contributed by atoms with Crippen LogP contribution in [0, 0.1) is 0 Å². The molecule has 0 radical (unpaired) electrons. The molecule has 2 atom stereocenters. The van der Waals surface area contributed by atoms with E-state index in [1.165, 1.54) is 17.7 Å². The third-order valence-corrected chi connectivity index (χ3v) is 6.46. The van der Waals surface area contributed by atoms with Crippen molar-refractivity contribution in [3.8, 4) is 0 Å². The van der Waals surface area contributed by atoms with Crippen LogP contribution in [-0.4, -0.2) is 23.7 Å². The maximum atomic E-state index is 5.07. The van der Waals surface area contributed by atoms with Crippen molar-refractivity contribution in [3.63, 3.8) is 0 Å². The van der Waals surface area contributed by atoms with Gasteiger partial charge in [-0.05, 0) is 43.7 Å². The molecule has 0 aliphatic carbocycles. The largest absolute Gasteiger partial charge is 0.340 e. The van der Waals surface area contributed by atoms with E-state index in [2.05, 4.69) is 66.1 Å². The molecule has 1 heterocycles. The number of nitrogens with zero attached hydrogens (tertiary/aromatic N) is 1. The second-order valence-corrected chi connectivity index (χ2v) is 8.73. The minimum Gasteiger partial charge on any atom is -0.340 e. The fourth-order valence-electron chi connectivity index (χ4n) is 3.58. The van der Waals surface area contributed by atoms with Crippen molar-refractivity contribution in [3.05, 3.63) is 90.5 Å². The van der Waals surface area contributed by atoms with Crippen LogP contribution in [0.2, 0.25) is 0 Å². The summed E-state index contributed by atoms with van der Waals surface area (Å²) in [6, 6.07) is 29.5. The number of halogens is 2. The number of amidine groups is 1. The fourth-order valence-corrected chi connectivity index (χ4v) is 4.77. The van der Waals surface area contributed by atoms with Crippen molar-refractivity contribution in [1.29, 1.82) is 0 Å². The molecule has 0 spiro atoms. The second kappa shape index (κ2) is 12.8. The third-order valence-electron chi connectivity index (χ3n) is 5.16. The van der Waals surface area contributed by atoms with Gasteiger partial charge >= 0.3 is 0 Å². The summed E-state index contributed by atoms with van der Waals surface area (Å²) in [7, 11) is 0. The van der Waals surface area contributed by atoms with E-state index in [1.54, 1.807) is 0 Å². The average Bonchev–Trinajstić information content (AvgIpc) is 3.31. The van der Waals surface area contributed by atoms with E-state index in [-0.39, 0.29) is 24.8 Å². The van der Waals surface area contributed by atoms with Gasteiger partial charge in [-0.25, -0.2) is 4.99 Å². The Balaban J connectivity index is 0.00000171. The van der Waals surface area contributed by atoms with E-state index >= 15 is 0 Å². The molecular formula is C25H29Cl2N3S. The molecule has 1 saturated heterocycles. The van der Waals surface area contributed by atoms with Gasteiger partial charge in [0.2, 0.25) is 0 Å². The lowest BCUT2D eigenvalue weighted by molar-refractivity contribution is 0.600. The number of aliphatic imine (C=N–C) groups is 1. The quantitative estimate of drug-likeness (QED) is 0.231. The zero-order chi connectivity index (χ0) is 19.9. The van der Waals surface area contributed by atoms with Crippen LogP contribution in [0.25, 0.3) is 0 Å². The Kier molecular flexibility index (Phi) is 10.4. The summed E-state index contributed by atoms with van der Waals surface area (Å²) in [5.74, 6) is 0.858. The average molecular weight is 475 g/mol. The number of benzene rings is 3. The number of thioether (sulfide) groups is 1. The first-order chi connectivity index (χ1) is 14.3. The lowest BCUT2D eigenvalue weighted by Gasteiger charge is -2.20. The lowest BCUT2D eigenvalue weighted by Crippen LogP contribution is -2.30. The van der Waals surface area contributed by atoms with Crippen molar-refractivity contribution >= 4 is 53.8 Å². The molecule has 3 aromatic rings. The number of hydrogen-bond donors (Lipinski definition) is 2. The number of hydrogen-bond acceptors (Lipinski definition) is 3. The van der Waals surface area contributed by atoms with E-state index < -0.39 is 0 Å². The zero-order valence-electron chi connectivity index (χ0n) is 17.5. The standard InChI is InChI=1S/C25H27N3S.2ClH/c1-19(22-16-10-18-26-22)29-24-17-9-8-15-23(24)28-25(20-11-4-2-5-12-20)27-21-13-6-3-7-14-21;;/h2-9,11-15,17,19,22,26H,10,16,18H2,1H3,(H,27,28);2*1H. The van der Waals surface area contributed by atoms with Crippen LogP contribution in [-0.2, 0) is 0 Å². The minimum absolute atomic E-state index is 0. The van der Waals surface area contributed by atoms with Gasteiger partial charge in [0, 0.05) is 27.4 Å². The highest BCUT2D eigenvalue weighted by molar-refractivity contribution is 8.00. The molecule has 2 N–H and O–H groups in total. The van der Waals surface area contributed by atoms with Crippen LogP contribution < -0.4 is 10.6 Å². The summed E-state index contributed by atoms with van der Waals surface area (Å²) in [6.45, 7) is 3.45. The maximum absolute atomic E-state index is 5.07. The predicted molar refractivity (Wildman–Crippen MR) is 140 cm³/mol. The van der Waals surface area contributed by atoms with E-state index in [1.807, 2.05) is 48.2 Å². The zero-order valence-corrected chi connectivity index (χ0v) is 20.0. The normalized spacial score (nSPS) is 16.7. The van der Waals surface area contributed by atoms with Crippen LogP contribution in [0.15, 0.2) is 94.8 Å². The Hall–Kier alpha value is -1.98. The molecule has 31 heavy (non-hydrogen) atoms. The van der Waals surface area contributed by atoms with Crippen molar-refractivity contribution in [2.75, 3.05) is 11.9 Å². The highest BCUT2D eigenvalue weighted by atomic mass is 35.5. The number of rotatable bonds is 6. The van der Waals surface area contributed by atoms with Crippen LogP contribution in [0.3, 0.4) is 0 Å². The predicted octanol–water partition coefficient (Wildman–Crippen LogP) is 6.95. The maximum Gasteiger partial charge on any atom is 0.138 e. The molecule has 4 rings (SSSR count). The van der Waals surface area contributed by atoms with Crippen molar-refractivity contribution in [2.24, 2.45) is 4.99 Å². The van der Waals surface area contributed by atoms with Gasteiger partial charge in [0.15, 0.2) is 0 Å². The molecule has 1 aliphatic heterocycles. The molecule has 1 fully saturated rings. The van der Waals surface area contributed by atoms with Crippen LogP contribution in [0.4, 0.5) is 11.4 Å². The van der Waals surface area contributed by atoms with Crippen LogP contribution in [0.1, 0.15) is 25.3 Å². The molecule has 0 bridgehead atoms. The Morgan fingerprint density at radius 1 is 0.935 bits per heavy atom.